The summed E-state index contributed by atoms with van der Waals surface area (Å²) in [5.74, 6) is 0.484. The first-order valence-corrected chi connectivity index (χ1v) is 12.0. The van der Waals surface area contributed by atoms with Gasteiger partial charge >= 0.3 is 6.03 Å². The number of carbonyl (C=O) groups is 2. The van der Waals surface area contributed by atoms with Crippen molar-refractivity contribution in [3.05, 3.63) is 84.9 Å². The zero-order valence-electron chi connectivity index (χ0n) is 18.2. The van der Waals surface area contributed by atoms with Gasteiger partial charge in [-0.25, -0.2) is 13.2 Å². The molecule has 1 unspecified atom stereocenters. The van der Waals surface area contributed by atoms with Crippen LogP contribution in [0, 0.1) is 0 Å². The number of anilines is 1. The van der Waals surface area contributed by atoms with Crippen molar-refractivity contribution < 1.29 is 22.7 Å². The maximum atomic E-state index is 13.0. The number of nitrogens with zero attached hydrogens (tertiary/aromatic N) is 2. The van der Waals surface area contributed by atoms with Crippen LogP contribution in [0.1, 0.15) is 0 Å². The molecule has 4 rings (SSSR count). The first kappa shape index (κ1) is 23.3. The predicted molar refractivity (Wildman–Crippen MR) is 127 cm³/mol. The molecular formula is C24H24N4O5S. The minimum Gasteiger partial charge on any atom is -0.457 e. The number of urea groups is 1. The van der Waals surface area contributed by atoms with E-state index in [1.54, 1.807) is 42.5 Å². The molecule has 3 N–H and O–H groups in total. The van der Waals surface area contributed by atoms with Crippen molar-refractivity contribution in [1.29, 1.82) is 0 Å². The Morgan fingerprint density at radius 1 is 0.853 bits per heavy atom. The summed E-state index contributed by atoms with van der Waals surface area (Å²) in [7, 11) is -3.93. The number of hydrogen-bond acceptors (Lipinski definition) is 5. The van der Waals surface area contributed by atoms with E-state index in [-0.39, 0.29) is 24.5 Å². The summed E-state index contributed by atoms with van der Waals surface area (Å²) in [4.78, 5) is 26.3. The van der Waals surface area contributed by atoms with Crippen molar-refractivity contribution in [3.63, 3.8) is 0 Å². The number of rotatable bonds is 6. The molecule has 1 saturated heterocycles. The predicted octanol–water partition coefficient (Wildman–Crippen LogP) is 2.87. The fourth-order valence-electron chi connectivity index (χ4n) is 3.63. The molecule has 176 valence electrons. The molecule has 3 aromatic rings. The third kappa shape index (κ3) is 5.19. The van der Waals surface area contributed by atoms with Gasteiger partial charge in [-0.05, 0) is 48.5 Å². The van der Waals surface area contributed by atoms with Crippen molar-refractivity contribution in [2.45, 2.75) is 10.9 Å². The van der Waals surface area contributed by atoms with Crippen LogP contribution in [0.2, 0.25) is 0 Å². The van der Waals surface area contributed by atoms with Crippen LogP contribution in [0.5, 0.6) is 11.5 Å². The summed E-state index contributed by atoms with van der Waals surface area (Å²) in [5.41, 5.74) is 6.04. The van der Waals surface area contributed by atoms with Gasteiger partial charge in [0.05, 0.1) is 4.90 Å². The van der Waals surface area contributed by atoms with Gasteiger partial charge in [0.15, 0.2) is 0 Å². The zero-order valence-corrected chi connectivity index (χ0v) is 19.0. The van der Waals surface area contributed by atoms with Crippen molar-refractivity contribution in [3.8, 4) is 11.5 Å². The van der Waals surface area contributed by atoms with Crippen LogP contribution >= 0.6 is 0 Å². The summed E-state index contributed by atoms with van der Waals surface area (Å²) in [6.45, 7) is -0.0958. The molecule has 3 aromatic carbocycles. The Kier molecular flexibility index (Phi) is 6.80. The molecule has 3 amide bonds. The van der Waals surface area contributed by atoms with Crippen LogP contribution in [0.15, 0.2) is 89.8 Å². The molecule has 1 aliphatic rings. The Bertz CT molecular complexity index is 1250. The lowest BCUT2D eigenvalue weighted by molar-refractivity contribution is -0.122. The SMILES string of the molecule is NC(=O)C1CN(C(=O)Nc2ccc(Oc3ccccc3)cc2)CCN1S(=O)(=O)c1ccccc1. The minimum absolute atomic E-state index is 0.0535. The molecule has 0 aromatic heterocycles. The number of nitrogens with one attached hydrogen (secondary N) is 1. The van der Waals surface area contributed by atoms with Crippen molar-refractivity contribution in [1.82, 2.24) is 9.21 Å². The average Bonchev–Trinajstić information content (AvgIpc) is 2.86. The summed E-state index contributed by atoms with van der Waals surface area (Å²) in [6.07, 6.45) is 0. The molecule has 34 heavy (non-hydrogen) atoms. The van der Waals surface area contributed by atoms with Crippen LogP contribution in [0.4, 0.5) is 10.5 Å². The van der Waals surface area contributed by atoms with Crippen molar-refractivity contribution in [2.24, 2.45) is 5.73 Å². The van der Waals surface area contributed by atoms with E-state index in [1.165, 1.54) is 17.0 Å². The van der Waals surface area contributed by atoms with Gasteiger partial charge in [0.2, 0.25) is 15.9 Å². The fourth-order valence-corrected chi connectivity index (χ4v) is 5.23. The van der Waals surface area contributed by atoms with Crippen LogP contribution in [-0.2, 0) is 14.8 Å². The lowest BCUT2D eigenvalue weighted by atomic mass is 10.2. The van der Waals surface area contributed by atoms with E-state index < -0.39 is 28.0 Å². The van der Waals surface area contributed by atoms with Gasteiger partial charge in [0, 0.05) is 25.3 Å². The summed E-state index contributed by atoms with van der Waals surface area (Å²) < 4.78 is 32.8. The highest BCUT2D eigenvalue weighted by Crippen LogP contribution is 2.24. The second-order valence-corrected chi connectivity index (χ2v) is 9.55. The Labute approximate surface area is 197 Å². The monoisotopic (exact) mass is 480 g/mol. The smallest absolute Gasteiger partial charge is 0.321 e. The number of benzene rings is 3. The molecular weight excluding hydrogens is 456 g/mol. The Hall–Kier alpha value is -3.89. The van der Waals surface area contributed by atoms with Crippen LogP contribution in [0.3, 0.4) is 0 Å². The van der Waals surface area contributed by atoms with Gasteiger partial charge < -0.3 is 20.7 Å². The number of primary amides is 1. The number of nitrogens with two attached hydrogens (primary N) is 1. The van der Waals surface area contributed by atoms with Crippen molar-refractivity contribution in [2.75, 3.05) is 25.0 Å². The molecule has 1 heterocycles. The number of hydrogen-bond donors (Lipinski definition) is 2. The van der Waals surface area contributed by atoms with Gasteiger partial charge in [-0.3, -0.25) is 4.79 Å². The number of sulfonamides is 1. The summed E-state index contributed by atoms with van der Waals surface area (Å²) in [5, 5.41) is 2.76. The highest BCUT2D eigenvalue weighted by molar-refractivity contribution is 7.89. The highest BCUT2D eigenvalue weighted by Gasteiger charge is 2.40. The zero-order chi connectivity index (χ0) is 24.1. The second kappa shape index (κ2) is 9.94. The fraction of sp³-hybridized carbons (Fsp3) is 0.167. The molecule has 1 atom stereocenters. The molecule has 0 bridgehead atoms. The third-order valence-electron chi connectivity index (χ3n) is 5.38. The number of ether oxygens (including phenoxy) is 1. The van der Waals surface area contributed by atoms with E-state index in [0.717, 1.165) is 4.31 Å². The van der Waals surface area contributed by atoms with E-state index in [0.29, 0.717) is 17.2 Å². The number of piperazine rings is 1. The van der Waals surface area contributed by atoms with E-state index in [9.17, 15) is 18.0 Å². The van der Waals surface area contributed by atoms with Gasteiger partial charge in [-0.2, -0.15) is 4.31 Å². The van der Waals surface area contributed by atoms with Crippen molar-refractivity contribution >= 4 is 27.6 Å². The van der Waals surface area contributed by atoms with Gasteiger partial charge in [-0.15, -0.1) is 0 Å². The quantitative estimate of drug-likeness (QED) is 0.562. The first-order chi connectivity index (χ1) is 16.3. The third-order valence-corrected chi connectivity index (χ3v) is 7.30. The van der Waals surface area contributed by atoms with Gasteiger partial charge in [-0.1, -0.05) is 36.4 Å². The highest BCUT2D eigenvalue weighted by atomic mass is 32.2. The number of carbonyl (C=O) groups excluding carboxylic acids is 2. The lowest BCUT2D eigenvalue weighted by Gasteiger charge is -2.38. The van der Waals surface area contributed by atoms with Crippen LogP contribution in [-0.4, -0.2) is 55.2 Å². The summed E-state index contributed by atoms with van der Waals surface area (Å²) in [6, 6.07) is 22.3. The topological polar surface area (TPSA) is 122 Å². The van der Waals surface area contributed by atoms with Gasteiger partial charge in [0.25, 0.3) is 0 Å². The average molecular weight is 481 g/mol. The molecule has 0 aliphatic carbocycles. The van der Waals surface area contributed by atoms with Crippen LogP contribution < -0.4 is 15.8 Å². The van der Waals surface area contributed by atoms with E-state index in [2.05, 4.69) is 5.32 Å². The second-order valence-electron chi connectivity index (χ2n) is 7.66. The first-order valence-electron chi connectivity index (χ1n) is 10.6. The van der Waals surface area contributed by atoms with E-state index >= 15 is 0 Å². The molecule has 0 saturated carbocycles. The maximum Gasteiger partial charge on any atom is 0.321 e. The Morgan fingerprint density at radius 2 is 1.44 bits per heavy atom. The number of amides is 3. The molecule has 0 spiro atoms. The number of para-hydroxylation sites is 1. The minimum atomic E-state index is -3.93. The summed E-state index contributed by atoms with van der Waals surface area (Å²) >= 11 is 0. The Morgan fingerprint density at radius 3 is 2.06 bits per heavy atom. The van der Waals surface area contributed by atoms with Crippen LogP contribution in [0.25, 0.3) is 0 Å². The molecule has 10 heteroatoms. The molecule has 1 aliphatic heterocycles. The van der Waals surface area contributed by atoms with E-state index in [1.807, 2.05) is 30.3 Å². The normalized spacial score (nSPS) is 16.6. The molecule has 1 fully saturated rings. The standard InChI is InChI=1S/C24H24N4O5S/c25-23(29)22-17-27(15-16-28(22)34(31,32)21-9-5-2-6-10-21)24(30)26-18-11-13-20(14-12-18)33-19-7-3-1-4-8-19/h1-14,22H,15-17H2,(H2,25,29)(H,26,30). The molecule has 0 radical (unpaired) electrons. The lowest BCUT2D eigenvalue weighted by Crippen LogP contribution is -2.61. The largest absolute Gasteiger partial charge is 0.457 e. The van der Waals surface area contributed by atoms with E-state index in [4.69, 9.17) is 10.5 Å². The molecule has 9 nitrogen and oxygen atoms in total. The van der Waals surface area contributed by atoms with Gasteiger partial charge in [0.1, 0.15) is 17.5 Å². The Balaban J connectivity index is 1.41. The maximum absolute atomic E-state index is 13.0.